The van der Waals surface area contributed by atoms with Gasteiger partial charge in [0.05, 0.1) is 6.85 Å². The normalized spacial score (nSPS) is 12.9. The Morgan fingerprint density at radius 2 is 1.00 bits per heavy atom. The summed E-state index contributed by atoms with van der Waals surface area (Å²) < 4.78 is 46.9. The van der Waals surface area contributed by atoms with Crippen molar-refractivity contribution in [2.24, 2.45) is 0 Å². The Hall–Kier alpha value is -6.39. The molecule has 0 amide bonds. The maximum atomic E-state index is 8.34. The summed E-state index contributed by atoms with van der Waals surface area (Å²) >= 11 is 0. The van der Waals surface area contributed by atoms with Gasteiger partial charge in [-0.25, -0.2) is 15.0 Å². The van der Waals surface area contributed by atoms with Gasteiger partial charge >= 0.3 is 0 Å². The van der Waals surface area contributed by atoms with Crippen LogP contribution in [0.25, 0.3) is 89.1 Å². The summed E-state index contributed by atoms with van der Waals surface area (Å²) in [6.07, 6.45) is 0. The van der Waals surface area contributed by atoms with E-state index in [0.717, 1.165) is 60.5 Å². The van der Waals surface area contributed by atoms with Crippen LogP contribution in [0.1, 0.15) is 6.85 Å². The summed E-state index contributed by atoms with van der Waals surface area (Å²) in [5, 5.41) is 4.16. The fourth-order valence-electron chi connectivity index (χ4n) is 6.08. The molecule has 0 saturated heterocycles. The van der Waals surface area contributed by atoms with Gasteiger partial charge in [-0.2, -0.15) is 0 Å². The number of rotatable bonds is 5. The molecule has 2 heterocycles. The summed E-state index contributed by atoms with van der Waals surface area (Å²) in [5.41, 5.74) is 6.68. The number of fused-ring (bicyclic) bond motifs is 4. The van der Waals surface area contributed by atoms with E-state index in [1.807, 2.05) is 97.1 Å². The van der Waals surface area contributed by atoms with E-state index in [1.54, 1.807) is 12.1 Å². The van der Waals surface area contributed by atoms with Crippen LogP contribution in [0.3, 0.4) is 0 Å². The number of benzene rings is 7. The number of hydrogen-bond donors (Lipinski definition) is 0. The van der Waals surface area contributed by atoms with Crippen LogP contribution in [0, 0.1) is 0 Å². The molecule has 0 fully saturated rings. The first-order valence-corrected chi connectivity index (χ1v) is 15.3. The molecule has 0 unspecified atom stereocenters. The first-order chi connectivity index (χ1) is 25.3. The number of para-hydroxylation sites is 1. The van der Waals surface area contributed by atoms with Crippen LogP contribution in [0.5, 0.6) is 0 Å². The molecule has 0 N–H and O–H groups in total. The third-order valence-electron chi connectivity index (χ3n) is 8.44. The zero-order valence-electron chi connectivity index (χ0n) is 30.0. The Morgan fingerprint density at radius 1 is 0.426 bits per heavy atom. The largest absolute Gasteiger partial charge is 0.456 e. The summed E-state index contributed by atoms with van der Waals surface area (Å²) in [7, 11) is 0. The minimum absolute atomic E-state index is 0.180. The van der Waals surface area contributed by atoms with E-state index in [-0.39, 0.29) is 29.7 Å². The van der Waals surface area contributed by atoms with E-state index in [9.17, 15) is 0 Å². The van der Waals surface area contributed by atoms with Crippen molar-refractivity contribution in [3.8, 4) is 56.4 Å². The van der Waals surface area contributed by atoms with Crippen LogP contribution in [-0.2, 0) is 0 Å². The fourth-order valence-corrected chi connectivity index (χ4v) is 6.08. The van der Waals surface area contributed by atoms with Crippen molar-refractivity contribution >= 4 is 32.7 Å². The van der Waals surface area contributed by atoms with Crippen LogP contribution < -0.4 is 0 Å². The van der Waals surface area contributed by atoms with E-state index in [0.29, 0.717) is 23.0 Å². The molecule has 0 bridgehead atoms. The van der Waals surface area contributed by atoms with Crippen molar-refractivity contribution in [1.82, 2.24) is 15.0 Å². The second kappa shape index (κ2) is 11.2. The van der Waals surface area contributed by atoms with Gasteiger partial charge in [0.1, 0.15) is 11.2 Å². The molecule has 4 nitrogen and oxygen atoms in total. The number of nitrogens with zero attached hydrogens (tertiary/aromatic N) is 3. The van der Waals surface area contributed by atoms with Gasteiger partial charge in [-0.3, -0.25) is 0 Å². The summed E-state index contributed by atoms with van der Waals surface area (Å²) in [6, 6.07) is 42.1. The van der Waals surface area contributed by atoms with Crippen LogP contribution in [-0.4, -0.2) is 15.0 Å². The molecule has 2 aromatic heterocycles. The van der Waals surface area contributed by atoms with Gasteiger partial charge in [0, 0.05) is 27.5 Å². The Balaban J connectivity index is 1.13. The fraction of sp³-hybridized carbons (Fsp3) is 0. The lowest BCUT2D eigenvalue weighted by Gasteiger charge is -2.10. The van der Waals surface area contributed by atoms with E-state index < -0.39 is 6.04 Å². The Bertz CT molecular complexity index is 2820. The molecule has 9 rings (SSSR count). The standard InChI is InChI=1S/C43H27N3O/c1-2-9-28(10-3-1)30-17-19-31(20-18-30)32-21-24-33(25-22-32)41-44-42(35-26-23-29-11-4-5-12-34(29)27-35)46-43(45-41)37-14-8-16-39-40(37)36-13-6-7-15-38(36)47-39/h1-27H/i1D,2D,3D,9D,10D. The first kappa shape index (κ1) is 22.2. The van der Waals surface area contributed by atoms with Gasteiger partial charge in [-0.05, 0) is 51.2 Å². The number of hydrogen-bond acceptors (Lipinski definition) is 4. The molecular formula is C43H27N3O. The molecule has 9 aromatic rings. The van der Waals surface area contributed by atoms with E-state index in [2.05, 4.69) is 24.3 Å². The molecule has 0 radical (unpaired) electrons. The molecule has 0 atom stereocenters. The average Bonchev–Trinajstić information content (AvgIpc) is 3.58. The van der Waals surface area contributed by atoms with E-state index in [1.165, 1.54) is 0 Å². The molecule has 0 aliphatic carbocycles. The monoisotopic (exact) mass is 606 g/mol. The quantitative estimate of drug-likeness (QED) is 0.196. The Morgan fingerprint density at radius 3 is 1.77 bits per heavy atom. The summed E-state index contributed by atoms with van der Waals surface area (Å²) in [4.78, 5) is 15.1. The summed E-state index contributed by atoms with van der Waals surface area (Å²) in [6.45, 7) is 0. The van der Waals surface area contributed by atoms with Crippen LogP contribution >= 0.6 is 0 Å². The van der Waals surface area contributed by atoms with Crippen molar-refractivity contribution < 1.29 is 11.3 Å². The smallest absolute Gasteiger partial charge is 0.164 e. The van der Waals surface area contributed by atoms with Gasteiger partial charge in [0.2, 0.25) is 0 Å². The highest BCUT2D eigenvalue weighted by Crippen LogP contribution is 2.37. The SMILES string of the molecule is [2H]c1c([2H])c([2H])c(-c2ccc(-c3ccc(-c4nc(-c5ccc6ccccc6c5)nc(-c5cccc6oc7ccccc7c56)n4)cc3)cc2)c([2H])c1[2H]. The number of furan rings is 1. The highest BCUT2D eigenvalue weighted by molar-refractivity contribution is 6.11. The van der Waals surface area contributed by atoms with Crippen molar-refractivity contribution in [1.29, 1.82) is 0 Å². The zero-order valence-corrected chi connectivity index (χ0v) is 25.0. The number of aromatic nitrogens is 3. The summed E-state index contributed by atoms with van der Waals surface area (Å²) in [5.74, 6) is 1.63. The lowest BCUT2D eigenvalue weighted by molar-refractivity contribution is 0.669. The third-order valence-corrected chi connectivity index (χ3v) is 8.44. The minimum Gasteiger partial charge on any atom is -0.456 e. The Labute approximate surface area is 278 Å². The molecule has 0 aliphatic heterocycles. The molecule has 4 heteroatoms. The zero-order chi connectivity index (χ0) is 35.5. The lowest BCUT2D eigenvalue weighted by Crippen LogP contribution is -2.00. The maximum Gasteiger partial charge on any atom is 0.164 e. The second-order valence-electron chi connectivity index (χ2n) is 11.3. The van der Waals surface area contributed by atoms with Crippen LogP contribution in [0.4, 0.5) is 0 Å². The van der Waals surface area contributed by atoms with Gasteiger partial charge in [-0.1, -0.05) is 145 Å². The predicted octanol–water partition coefficient (Wildman–Crippen LogP) is 11.3. The third kappa shape index (κ3) is 4.93. The lowest BCUT2D eigenvalue weighted by atomic mass is 9.99. The maximum absolute atomic E-state index is 8.34. The van der Waals surface area contributed by atoms with Crippen molar-refractivity contribution in [2.45, 2.75) is 0 Å². The highest BCUT2D eigenvalue weighted by atomic mass is 16.3. The molecular weight excluding hydrogens is 574 g/mol. The average molecular weight is 607 g/mol. The van der Waals surface area contributed by atoms with Gasteiger partial charge < -0.3 is 4.42 Å². The second-order valence-corrected chi connectivity index (χ2v) is 11.3. The molecule has 0 aliphatic rings. The molecule has 220 valence electrons. The van der Waals surface area contributed by atoms with Crippen molar-refractivity contribution in [3.63, 3.8) is 0 Å². The van der Waals surface area contributed by atoms with Gasteiger partial charge in [0.25, 0.3) is 0 Å². The molecule has 0 saturated carbocycles. The molecule has 47 heavy (non-hydrogen) atoms. The first-order valence-electron chi connectivity index (χ1n) is 17.8. The van der Waals surface area contributed by atoms with E-state index in [4.69, 9.17) is 26.2 Å². The van der Waals surface area contributed by atoms with E-state index >= 15 is 0 Å². The Kier molecular flexibility index (Phi) is 5.28. The van der Waals surface area contributed by atoms with Crippen molar-refractivity contribution in [3.05, 3.63) is 164 Å². The molecule has 7 aromatic carbocycles. The minimum atomic E-state index is -0.405. The predicted molar refractivity (Wildman–Crippen MR) is 192 cm³/mol. The van der Waals surface area contributed by atoms with Gasteiger partial charge in [0.15, 0.2) is 17.5 Å². The molecule has 0 spiro atoms. The van der Waals surface area contributed by atoms with Crippen LogP contribution in [0.2, 0.25) is 0 Å². The topological polar surface area (TPSA) is 51.8 Å². The van der Waals surface area contributed by atoms with Crippen LogP contribution in [0.15, 0.2) is 168 Å². The van der Waals surface area contributed by atoms with Crippen molar-refractivity contribution in [2.75, 3.05) is 0 Å². The van der Waals surface area contributed by atoms with Gasteiger partial charge in [-0.15, -0.1) is 0 Å². The highest BCUT2D eigenvalue weighted by Gasteiger charge is 2.18.